The van der Waals surface area contributed by atoms with Crippen molar-refractivity contribution in [1.82, 2.24) is 0 Å². The topological polar surface area (TPSA) is 61.1 Å². The van der Waals surface area contributed by atoms with Gasteiger partial charge in [-0.15, -0.1) is 0 Å². The van der Waals surface area contributed by atoms with Crippen molar-refractivity contribution >= 4 is 21.7 Å². The minimum absolute atomic E-state index is 0.0200. The second-order valence-electron chi connectivity index (χ2n) is 2.84. The number of hydrogen-bond donors (Lipinski definition) is 1. The Labute approximate surface area is 90.1 Å². The SMILES string of the molecule is Cc1c(O)cc(C(=O)CBr)cc1C#N. The molecule has 0 radical (unpaired) electrons. The Kier molecular flexibility index (Phi) is 3.26. The molecule has 1 aromatic carbocycles. The molecule has 1 N–H and O–H groups in total. The number of phenols is 1. The number of Topliss-reactive ketones (excluding diaryl/α,β-unsaturated/α-hetero) is 1. The van der Waals surface area contributed by atoms with Crippen LogP contribution in [-0.4, -0.2) is 16.2 Å². The van der Waals surface area contributed by atoms with Gasteiger partial charge in [-0.3, -0.25) is 4.79 Å². The molecule has 1 rings (SSSR count). The van der Waals surface area contributed by atoms with Crippen molar-refractivity contribution in [2.75, 3.05) is 5.33 Å². The number of halogens is 1. The first-order valence-corrected chi connectivity index (χ1v) is 5.05. The summed E-state index contributed by atoms with van der Waals surface area (Å²) >= 11 is 3.03. The largest absolute Gasteiger partial charge is 0.508 e. The first-order chi connectivity index (χ1) is 6.60. The average Bonchev–Trinajstić information content (AvgIpc) is 2.20. The van der Waals surface area contributed by atoms with E-state index in [2.05, 4.69) is 15.9 Å². The number of benzene rings is 1. The van der Waals surface area contributed by atoms with Crippen molar-refractivity contribution in [1.29, 1.82) is 5.26 Å². The van der Waals surface area contributed by atoms with Crippen LogP contribution in [0.1, 0.15) is 21.5 Å². The van der Waals surface area contributed by atoms with E-state index in [0.29, 0.717) is 16.7 Å². The highest BCUT2D eigenvalue weighted by atomic mass is 79.9. The molecule has 0 atom stereocenters. The fourth-order valence-electron chi connectivity index (χ4n) is 1.05. The predicted molar refractivity (Wildman–Crippen MR) is 55.7 cm³/mol. The fourth-order valence-corrected chi connectivity index (χ4v) is 1.38. The van der Waals surface area contributed by atoms with Crippen molar-refractivity contribution in [3.63, 3.8) is 0 Å². The summed E-state index contributed by atoms with van der Waals surface area (Å²) in [6.07, 6.45) is 0. The van der Waals surface area contributed by atoms with E-state index in [1.165, 1.54) is 12.1 Å². The van der Waals surface area contributed by atoms with Gasteiger partial charge in [0.25, 0.3) is 0 Å². The highest BCUT2D eigenvalue weighted by Gasteiger charge is 2.10. The molecular weight excluding hydrogens is 246 g/mol. The molecule has 0 spiro atoms. The van der Waals surface area contributed by atoms with Gasteiger partial charge >= 0.3 is 0 Å². The predicted octanol–water partition coefficient (Wildman–Crippen LogP) is 2.15. The number of rotatable bonds is 2. The van der Waals surface area contributed by atoms with Crippen molar-refractivity contribution in [3.8, 4) is 11.8 Å². The van der Waals surface area contributed by atoms with Crippen LogP contribution < -0.4 is 0 Å². The summed E-state index contributed by atoms with van der Waals surface area (Å²) in [6.45, 7) is 1.64. The van der Waals surface area contributed by atoms with E-state index in [1.807, 2.05) is 6.07 Å². The van der Waals surface area contributed by atoms with Crippen LogP contribution in [0, 0.1) is 18.3 Å². The zero-order valence-electron chi connectivity index (χ0n) is 7.54. The van der Waals surface area contributed by atoms with E-state index in [1.54, 1.807) is 6.92 Å². The Morgan fingerprint density at radius 2 is 2.29 bits per heavy atom. The maximum absolute atomic E-state index is 11.3. The Morgan fingerprint density at radius 3 is 2.79 bits per heavy atom. The van der Waals surface area contributed by atoms with Gasteiger partial charge in [-0.05, 0) is 19.1 Å². The van der Waals surface area contributed by atoms with Crippen LogP contribution in [0.25, 0.3) is 0 Å². The van der Waals surface area contributed by atoms with E-state index in [0.717, 1.165) is 0 Å². The summed E-state index contributed by atoms with van der Waals surface area (Å²) < 4.78 is 0. The summed E-state index contributed by atoms with van der Waals surface area (Å²) in [4.78, 5) is 11.3. The van der Waals surface area contributed by atoms with E-state index in [4.69, 9.17) is 5.26 Å². The number of carbonyl (C=O) groups excluding carboxylic acids is 1. The number of hydrogen-bond acceptors (Lipinski definition) is 3. The lowest BCUT2D eigenvalue weighted by Gasteiger charge is -2.04. The smallest absolute Gasteiger partial charge is 0.173 e. The molecule has 0 aromatic heterocycles. The highest BCUT2D eigenvalue weighted by molar-refractivity contribution is 9.09. The minimum Gasteiger partial charge on any atom is -0.508 e. The lowest BCUT2D eigenvalue weighted by atomic mass is 10.0. The Hall–Kier alpha value is -1.34. The Balaban J connectivity index is 3.32. The molecular formula is C10H8BrNO2. The molecule has 0 bridgehead atoms. The Morgan fingerprint density at radius 1 is 1.64 bits per heavy atom. The van der Waals surface area contributed by atoms with Crippen LogP contribution in [0.3, 0.4) is 0 Å². The van der Waals surface area contributed by atoms with Gasteiger partial charge in [0.1, 0.15) is 5.75 Å². The summed E-state index contributed by atoms with van der Waals surface area (Å²) in [6, 6.07) is 4.79. The third-order valence-corrected chi connectivity index (χ3v) is 2.45. The van der Waals surface area contributed by atoms with Crippen molar-refractivity contribution in [2.45, 2.75) is 6.92 Å². The molecule has 1 aromatic rings. The van der Waals surface area contributed by atoms with Crippen molar-refractivity contribution in [3.05, 3.63) is 28.8 Å². The van der Waals surface area contributed by atoms with Gasteiger partial charge in [-0.25, -0.2) is 0 Å². The molecule has 0 heterocycles. The van der Waals surface area contributed by atoms with Gasteiger partial charge in [-0.1, -0.05) is 15.9 Å². The number of aromatic hydroxyl groups is 1. The lowest BCUT2D eigenvalue weighted by Crippen LogP contribution is -2.01. The monoisotopic (exact) mass is 253 g/mol. The normalized spacial score (nSPS) is 9.50. The van der Waals surface area contributed by atoms with Crippen molar-refractivity contribution in [2.24, 2.45) is 0 Å². The number of nitrogens with zero attached hydrogens (tertiary/aromatic N) is 1. The molecule has 72 valence electrons. The molecule has 14 heavy (non-hydrogen) atoms. The molecule has 4 heteroatoms. The zero-order valence-corrected chi connectivity index (χ0v) is 9.13. The molecule has 0 unspecified atom stereocenters. The minimum atomic E-state index is -0.156. The van der Waals surface area contributed by atoms with Gasteiger partial charge in [0, 0.05) is 11.1 Å². The van der Waals surface area contributed by atoms with Crippen LogP contribution >= 0.6 is 15.9 Å². The number of nitriles is 1. The maximum Gasteiger partial charge on any atom is 0.173 e. The van der Waals surface area contributed by atoms with E-state index in [9.17, 15) is 9.90 Å². The molecule has 0 aliphatic heterocycles. The number of ketones is 1. The molecule has 0 aliphatic carbocycles. The van der Waals surface area contributed by atoms with E-state index >= 15 is 0 Å². The summed E-state index contributed by atoms with van der Waals surface area (Å²) in [5.74, 6) is -0.176. The molecule has 0 amide bonds. The van der Waals surface area contributed by atoms with Gasteiger partial charge in [0.2, 0.25) is 0 Å². The van der Waals surface area contributed by atoms with Crippen LogP contribution in [0.2, 0.25) is 0 Å². The zero-order chi connectivity index (χ0) is 10.7. The molecule has 0 aliphatic rings. The first kappa shape index (κ1) is 10.7. The number of phenolic OH excluding ortho intramolecular Hbond substituents is 1. The van der Waals surface area contributed by atoms with Crippen LogP contribution in [-0.2, 0) is 0 Å². The Bertz CT molecular complexity index is 421. The second-order valence-corrected chi connectivity index (χ2v) is 3.40. The van der Waals surface area contributed by atoms with Crippen molar-refractivity contribution < 1.29 is 9.90 Å². The second kappa shape index (κ2) is 4.25. The van der Waals surface area contributed by atoms with Gasteiger partial charge < -0.3 is 5.11 Å². The molecule has 0 fully saturated rings. The van der Waals surface area contributed by atoms with Crippen LogP contribution in [0.4, 0.5) is 0 Å². The third kappa shape index (κ3) is 1.94. The van der Waals surface area contributed by atoms with Crippen LogP contribution in [0.15, 0.2) is 12.1 Å². The average molecular weight is 254 g/mol. The summed E-state index contributed by atoms with van der Waals surface area (Å²) in [5, 5.41) is 18.4. The van der Waals surface area contributed by atoms with Gasteiger partial charge in [0.15, 0.2) is 5.78 Å². The number of alkyl halides is 1. The first-order valence-electron chi connectivity index (χ1n) is 3.93. The lowest BCUT2D eigenvalue weighted by molar-refractivity contribution is 0.102. The van der Waals surface area contributed by atoms with E-state index < -0.39 is 0 Å². The number of carbonyl (C=O) groups is 1. The highest BCUT2D eigenvalue weighted by Crippen LogP contribution is 2.22. The fraction of sp³-hybridized carbons (Fsp3) is 0.200. The third-order valence-electron chi connectivity index (χ3n) is 1.94. The molecule has 3 nitrogen and oxygen atoms in total. The van der Waals surface area contributed by atoms with Crippen LogP contribution in [0.5, 0.6) is 5.75 Å². The summed E-state index contributed by atoms with van der Waals surface area (Å²) in [7, 11) is 0. The molecule has 0 saturated carbocycles. The quantitative estimate of drug-likeness (QED) is 0.649. The maximum atomic E-state index is 11.3. The summed E-state index contributed by atoms with van der Waals surface area (Å²) in [5.41, 5.74) is 1.18. The standard InChI is InChI=1S/C10H8BrNO2/c1-6-8(5-12)2-7(3-9(6)13)10(14)4-11/h2-3,13H,4H2,1H3. The van der Waals surface area contributed by atoms with E-state index in [-0.39, 0.29) is 16.9 Å². The molecule has 0 saturated heterocycles. The van der Waals surface area contributed by atoms with Gasteiger partial charge in [-0.2, -0.15) is 5.26 Å². The van der Waals surface area contributed by atoms with Gasteiger partial charge in [0.05, 0.1) is 17.0 Å².